The van der Waals surface area contributed by atoms with Crippen LogP contribution in [0.15, 0.2) is 35.5 Å². The van der Waals surface area contributed by atoms with Gasteiger partial charge >= 0.3 is 5.97 Å². The number of carbonyl (C=O) groups excluding carboxylic acids is 1. The van der Waals surface area contributed by atoms with Gasteiger partial charge in [0.2, 0.25) is 5.91 Å². The molecule has 3 rings (SSSR count). The molecule has 1 N–H and O–H groups in total. The van der Waals surface area contributed by atoms with Crippen molar-refractivity contribution in [1.29, 1.82) is 0 Å². The number of carbonyl (C=O) groups is 2. The highest BCUT2D eigenvalue weighted by atomic mass is 16.5. The number of ether oxygens (including phenoxy) is 2. The van der Waals surface area contributed by atoms with E-state index in [0.717, 1.165) is 10.6 Å². The number of nitrogens with zero attached hydrogens (tertiary/aromatic N) is 2. The van der Waals surface area contributed by atoms with Crippen LogP contribution in [0.3, 0.4) is 0 Å². The van der Waals surface area contributed by atoms with Gasteiger partial charge in [-0.05, 0) is 31.0 Å². The Morgan fingerprint density at radius 1 is 1.20 bits per heavy atom. The summed E-state index contributed by atoms with van der Waals surface area (Å²) in [5, 5.41) is 14.5. The molecule has 0 saturated heterocycles. The lowest BCUT2D eigenvalue weighted by molar-refractivity contribution is -0.147. The molecule has 2 aliphatic rings. The second-order valence-corrected chi connectivity index (χ2v) is 6.00. The standard InChI is InChI=1S/C18H20N2O5/c1-24-14-8-7-11(9-15(14)25-2)17-12-5-3-4-6-13(12)18(23)20(19-17)10-16(21)22/h3-4,7-9,12-13H,5-6,10H2,1-2H3,(H,21,22). The van der Waals surface area contributed by atoms with Crippen LogP contribution in [0.1, 0.15) is 18.4 Å². The molecule has 132 valence electrons. The Bertz CT molecular complexity index is 756. The molecule has 0 spiro atoms. The van der Waals surface area contributed by atoms with E-state index in [9.17, 15) is 9.59 Å². The molecule has 1 aromatic rings. The number of amides is 1. The Kier molecular flexibility index (Phi) is 4.74. The molecule has 25 heavy (non-hydrogen) atoms. The topological polar surface area (TPSA) is 88.4 Å². The van der Waals surface area contributed by atoms with Crippen molar-refractivity contribution >= 4 is 17.6 Å². The maximum Gasteiger partial charge on any atom is 0.325 e. The van der Waals surface area contributed by atoms with Crippen LogP contribution >= 0.6 is 0 Å². The number of hydrogen-bond acceptors (Lipinski definition) is 5. The van der Waals surface area contributed by atoms with Crippen LogP contribution in [0.5, 0.6) is 11.5 Å². The summed E-state index contributed by atoms with van der Waals surface area (Å²) >= 11 is 0. The molecule has 2 unspecified atom stereocenters. The van der Waals surface area contributed by atoms with E-state index >= 15 is 0 Å². The van der Waals surface area contributed by atoms with Crippen molar-refractivity contribution < 1.29 is 24.2 Å². The molecule has 0 radical (unpaired) electrons. The number of fused-ring (bicyclic) bond motifs is 1. The summed E-state index contributed by atoms with van der Waals surface area (Å²) in [5.74, 6) is -0.520. The third kappa shape index (κ3) is 3.22. The smallest absolute Gasteiger partial charge is 0.325 e. The number of benzene rings is 1. The van der Waals surface area contributed by atoms with Gasteiger partial charge in [-0.15, -0.1) is 0 Å². The predicted molar refractivity (Wildman–Crippen MR) is 90.8 cm³/mol. The van der Waals surface area contributed by atoms with Crippen molar-refractivity contribution in [1.82, 2.24) is 5.01 Å². The Labute approximate surface area is 145 Å². The van der Waals surface area contributed by atoms with Crippen molar-refractivity contribution in [3.05, 3.63) is 35.9 Å². The van der Waals surface area contributed by atoms with Gasteiger partial charge in [-0.2, -0.15) is 5.10 Å². The maximum absolute atomic E-state index is 12.6. The van der Waals surface area contributed by atoms with E-state index < -0.39 is 12.5 Å². The van der Waals surface area contributed by atoms with Gasteiger partial charge in [-0.3, -0.25) is 9.59 Å². The molecule has 7 heteroatoms. The van der Waals surface area contributed by atoms with E-state index in [1.165, 1.54) is 0 Å². The summed E-state index contributed by atoms with van der Waals surface area (Å²) in [7, 11) is 3.11. The van der Waals surface area contributed by atoms with E-state index in [1.807, 2.05) is 24.3 Å². The van der Waals surface area contributed by atoms with Crippen LogP contribution in [0.2, 0.25) is 0 Å². The monoisotopic (exact) mass is 344 g/mol. The molecule has 1 amide bonds. The average molecular weight is 344 g/mol. The molecule has 1 heterocycles. The molecule has 0 saturated carbocycles. The van der Waals surface area contributed by atoms with Crippen molar-refractivity contribution in [3.8, 4) is 11.5 Å². The van der Waals surface area contributed by atoms with Gasteiger partial charge in [0, 0.05) is 11.5 Å². The van der Waals surface area contributed by atoms with Crippen LogP contribution in [0, 0.1) is 11.8 Å². The molecule has 7 nitrogen and oxygen atoms in total. The molecule has 0 bridgehead atoms. The molecule has 1 aromatic carbocycles. The lowest BCUT2D eigenvalue weighted by Crippen LogP contribution is -2.46. The number of methoxy groups -OCH3 is 2. The second kappa shape index (κ2) is 6.96. The average Bonchev–Trinajstić information content (AvgIpc) is 2.63. The Morgan fingerprint density at radius 2 is 1.88 bits per heavy atom. The lowest BCUT2D eigenvalue weighted by atomic mass is 9.76. The summed E-state index contributed by atoms with van der Waals surface area (Å²) in [6, 6.07) is 5.44. The predicted octanol–water partition coefficient (Wildman–Crippen LogP) is 1.92. The van der Waals surface area contributed by atoms with Crippen LogP contribution in [0.4, 0.5) is 0 Å². The highest BCUT2D eigenvalue weighted by molar-refractivity contribution is 6.07. The zero-order chi connectivity index (χ0) is 18.0. The van der Waals surface area contributed by atoms with E-state index in [-0.39, 0.29) is 17.7 Å². The molecular weight excluding hydrogens is 324 g/mol. The number of carboxylic acids is 1. The lowest BCUT2D eigenvalue weighted by Gasteiger charge is -2.36. The van der Waals surface area contributed by atoms with Gasteiger partial charge in [-0.1, -0.05) is 12.2 Å². The quantitative estimate of drug-likeness (QED) is 0.825. The minimum absolute atomic E-state index is 0.0688. The minimum Gasteiger partial charge on any atom is -0.493 e. The Morgan fingerprint density at radius 3 is 2.52 bits per heavy atom. The summed E-state index contributed by atoms with van der Waals surface area (Å²) in [6.07, 6.45) is 5.30. The normalized spacial score (nSPS) is 22.2. The van der Waals surface area contributed by atoms with Gasteiger partial charge in [0.05, 0.1) is 25.8 Å². The van der Waals surface area contributed by atoms with Crippen molar-refractivity contribution in [3.63, 3.8) is 0 Å². The Balaban J connectivity index is 2.05. The number of aliphatic carboxylic acids is 1. The van der Waals surface area contributed by atoms with Crippen molar-refractivity contribution in [2.75, 3.05) is 20.8 Å². The van der Waals surface area contributed by atoms with E-state index in [0.29, 0.717) is 30.1 Å². The summed E-state index contributed by atoms with van der Waals surface area (Å²) in [4.78, 5) is 23.7. The molecular formula is C18H20N2O5. The highest BCUT2D eigenvalue weighted by Gasteiger charge is 2.40. The number of hydrazone groups is 1. The minimum atomic E-state index is -1.09. The largest absolute Gasteiger partial charge is 0.493 e. The number of rotatable bonds is 5. The first-order valence-corrected chi connectivity index (χ1v) is 8.04. The van der Waals surface area contributed by atoms with Crippen LogP contribution < -0.4 is 9.47 Å². The number of hydrogen-bond donors (Lipinski definition) is 1. The first kappa shape index (κ1) is 17.0. The highest BCUT2D eigenvalue weighted by Crippen LogP contribution is 2.36. The fourth-order valence-corrected chi connectivity index (χ4v) is 3.34. The maximum atomic E-state index is 12.6. The third-order valence-electron chi connectivity index (χ3n) is 4.55. The summed E-state index contributed by atoms with van der Waals surface area (Å²) < 4.78 is 10.6. The van der Waals surface area contributed by atoms with Gasteiger partial charge in [0.25, 0.3) is 0 Å². The first-order chi connectivity index (χ1) is 12.0. The fraction of sp³-hybridized carbons (Fsp3) is 0.389. The molecule has 0 aromatic heterocycles. The van der Waals surface area contributed by atoms with E-state index in [4.69, 9.17) is 14.6 Å². The van der Waals surface area contributed by atoms with Gasteiger partial charge in [0.15, 0.2) is 11.5 Å². The molecule has 1 aliphatic carbocycles. The molecule has 0 fully saturated rings. The van der Waals surface area contributed by atoms with Crippen LogP contribution in [-0.2, 0) is 9.59 Å². The van der Waals surface area contributed by atoms with Gasteiger partial charge in [-0.25, -0.2) is 5.01 Å². The third-order valence-corrected chi connectivity index (χ3v) is 4.55. The van der Waals surface area contributed by atoms with E-state index in [2.05, 4.69) is 5.10 Å². The zero-order valence-electron chi connectivity index (χ0n) is 14.1. The number of carboxylic acid groups (broad SMARTS) is 1. The Hall–Kier alpha value is -2.83. The number of allylic oxidation sites excluding steroid dienone is 2. The van der Waals surface area contributed by atoms with E-state index in [1.54, 1.807) is 20.3 Å². The summed E-state index contributed by atoms with van der Waals surface area (Å²) in [6.45, 7) is -0.442. The second-order valence-electron chi connectivity index (χ2n) is 6.00. The van der Waals surface area contributed by atoms with Crippen molar-refractivity contribution in [2.24, 2.45) is 16.9 Å². The molecule has 2 atom stereocenters. The molecule has 1 aliphatic heterocycles. The fourth-order valence-electron chi connectivity index (χ4n) is 3.34. The first-order valence-electron chi connectivity index (χ1n) is 8.04. The van der Waals surface area contributed by atoms with Crippen LogP contribution in [0.25, 0.3) is 0 Å². The van der Waals surface area contributed by atoms with Crippen molar-refractivity contribution in [2.45, 2.75) is 12.8 Å². The van der Waals surface area contributed by atoms with Gasteiger partial charge < -0.3 is 14.6 Å². The van der Waals surface area contributed by atoms with Crippen LogP contribution in [-0.4, -0.2) is 48.5 Å². The summed E-state index contributed by atoms with van der Waals surface area (Å²) in [5.41, 5.74) is 1.50. The van der Waals surface area contributed by atoms with Gasteiger partial charge in [0.1, 0.15) is 6.54 Å². The SMILES string of the molecule is COc1ccc(C2=NN(CC(=O)O)C(=O)C3CC=CCC23)cc1OC. The zero-order valence-corrected chi connectivity index (χ0v) is 14.1.